The number of halogens is 1. The molecule has 4 rings (SSSR count). The number of fused-ring (bicyclic) bond motifs is 1. The zero-order valence-corrected chi connectivity index (χ0v) is 16.4. The Kier molecular flexibility index (Phi) is 5.45. The van der Waals surface area contributed by atoms with Gasteiger partial charge in [-0.3, -0.25) is 0 Å². The highest BCUT2D eigenvalue weighted by Crippen LogP contribution is 2.49. The molecule has 0 spiro atoms. The summed E-state index contributed by atoms with van der Waals surface area (Å²) in [5.41, 5.74) is 2.39. The summed E-state index contributed by atoms with van der Waals surface area (Å²) in [6.45, 7) is 3.08. The summed E-state index contributed by atoms with van der Waals surface area (Å²) >= 11 is 6.32. The molecule has 2 aromatic rings. The summed E-state index contributed by atoms with van der Waals surface area (Å²) in [6, 6.07) is 15.8. The van der Waals surface area contributed by atoms with E-state index in [0.717, 1.165) is 56.8 Å². The zero-order chi connectivity index (χ0) is 18.9. The Hall–Kier alpha value is -1.55. The van der Waals surface area contributed by atoms with Gasteiger partial charge in [0, 0.05) is 23.5 Å². The third kappa shape index (κ3) is 3.87. The maximum atomic E-state index is 10.4. The van der Waals surface area contributed by atoms with E-state index in [0.29, 0.717) is 11.7 Å². The fourth-order valence-electron chi connectivity index (χ4n) is 5.19. The van der Waals surface area contributed by atoms with Crippen LogP contribution in [0.1, 0.15) is 36.8 Å². The van der Waals surface area contributed by atoms with Crippen molar-refractivity contribution in [2.24, 2.45) is 5.92 Å². The van der Waals surface area contributed by atoms with Gasteiger partial charge in [-0.05, 0) is 73.9 Å². The van der Waals surface area contributed by atoms with E-state index in [1.807, 2.05) is 30.3 Å². The molecule has 3 nitrogen and oxygen atoms in total. The topological polar surface area (TPSA) is 43.7 Å². The van der Waals surface area contributed by atoms with Crippen molar-refractivity contribution >= 4 is 11.6 Å². The first-order valence-electron chi connectivity index (χ1n) is 10.0. The van der Waals surface area contributed by atoms with E-state index in [1.165, 1.54) is 11.1 Å². The van der Waals surface area contributed by atoms with Crippen molar-refractivity contribution in [1.82, 2.24) is 4.90 Å². The SMILES string of the molecule is Oc1cccc([C@@]23CCN(CCc4ccccc4Cl)C[C@@H]2CCC(O)C3)c1. The molecule has 2 N–H and O–H groups in total. The standard InChI is InChI=1S/C23H28ClNO2/c24-22-7-2-1-4-17(22)10-12-25-13-11-23(18-5-3-6-20(26)14-18)15-21(27)9-8-19(23)16-25/h1-7,14,19,21,26-27H,8-13,15-16H2/t19-,21?,23-/m0/s1. The molecular formula is C23H28ClNO2. The van der Waals surface area contributed by atoms with Crippen LogP contribution in [-0.4, -0.2) is 40.9 Å². The fraction of sp³-hybridized carbons (Fsp3) is 0.478. The Bertz CT molecular complexity index is 795. The van der Waals surface area contributed by atoms with Crippen LogP contribution in [-0.2, 0) is 11.8 Å². The lowest BCUT2D eigenvalue weighted by Gasteiger charge is -2.52. The molecule has 1 aliphatic carbocycles. The molecule has 0 amide bonds. The maximum absolute atomic E-state index is 10.4. The van der Waals surface area contributed by atoms with Gasteiger partial charge in [-0.2, -0.15) is 0 Å². The molecule has 3 atom stereocenters. The predicted octanol–water partition coefficient (Wildman–Crippen LogP) is 4.39. The summed E-state index contributed by atoms with van der Waals surface area (Å²) in [4.78, 5) is 2.55. The largest absolute Gasteiger partial charge is 0.508 e. The molecule has 4 heteroatoms. The van der Waals surface area contributed by atoms with Crippen LogP contribution in [0.5, 0.6) is 5.75 Å². The lowest BCUT2D eigenvalue weighted by molar-refractivity contribution is -0.00335. The average molecular weight is 386 g/mol. The van der Waals surface area contributed by atoms with Gasteiger partial charge in [0.2, 0.25) is 0 Å². The number of phenols is 1. The van der Waals surface area contributed by atoms with Crippen molar-refractivity contribution in [2.45, 2.75) is 43.6 Å². The number of rotatable bonds is 4. The Labute approximate surface area is 166 Å². The third-order valence-corrected chi connectivity index (χ3v) is 7.03. The number of benzene rings is 2. The lowest BCUT2D eigenvalue weighted by atomic mass is 9.58. The number of aliphatic hydroxyl groups excluding tert-OH is 1. The van der Waals surface area contributed by atoms with E-state index in [-0.39, 0.29) is 11.5 Å². The van der Waals surface area contributed by atoms with E-state index in [9.17, 15) is 10.2 Å². The van der Waals surface area contributed by atoms with Crippen molar-refractivity contribution in [1.29, 1.82) is 0 Å². The molecule has 1 saturated heterocycles. The average Bonchev–Trinajstić information content (AvgIpc) is 2.67. The normalized spacial score (nSPS) is 28.7. The maximum Gasteiger partial charge on any atom is 0.115 e. The van der Waals surface area contributed by atoms with Crippen molar-refractivity contribution in [2.75, 3.05) is 19.6 Å². The number of nitrogens with zero attached hydrogens (tertiary/aromatic N) is 1. The number of hydrogen-bond donors (Lipinski definition) is 2. The molecule has 1 aliphatic heterocycles. The first kappa shape index (κ1) is 18.8. The Morgan fingerprint density at radius 2 is 1.96 bits per heavy atom. The number of aromatic hydroxyl groups is 1. The number of hydrogen-bond acceptors (Lipinski definition) is 3. The summed E-state index contributed by atoms with van der Waals surface area (Å²) in [5, 5.41) is 21.3. The van der Waals surface area contributed by atoms with Crippen LogP contribution < -0.4 is 0 Å². The quantitative estimate of drug-likeness (QED) is 0.820. The molecule has 0 aromatic heterocycles. The van der Waals surface area contributed by atoms with E-state index >= 15 is 0 Å². The number of aliphatic hydroxyl groups is 1. The summed E-state index contributed by atoms with van der Waals surface area (Å²) in [6.07, 6.45) is 4.48. The van der Waals surface area contributed by atoms with Gasteiger partial charge in [0.25, 0.3) is 0 Å². The van der Waals surface area contributed by atoms with Crippen molar-refractivity contribution in [3.05, 3.63) is 64.7 Å². The Morgan fingerprint density at radius 3 is 2.78 bits per heavy atom. The van der Waals surface area contributed by atoms with Crippen molar-refractivity contribution in [3.8, 4) is 5.75 Å². The highest BCUT2D eigenvalue weighted by atomic mass is 35.5. The molecule has 0 bridgehead atoms. The van der Waals surface area contributed by atoms with E-state index in [1.54, 1.807) is 6.07 Å². The van der Waals surface area contributed by atoms with Crippen molar-refractivity contribution < 1.29 is 10.2 Å². The Morgan fingerprint density at radius 1 is 1.11 bits per heavy atom. The van der Waals surface area contributed by atoms with Crippen LogP contribution in [0.15, 0.2) is 48.5 Å². The van der Waals surface area contributed by atoms with Gasteiger partial charge in [0.05, 0.1) is 6.10 Å². The fourth-order valence-corrected chi connectivity index (χ4v) is 5.42. The van der Waals surface area contributed by atoms with E-state index in [4.69, 9.17) is 11.6 Å². The monoisotopic (exact) mass is 385 g/mol. The van der Waals surface area contributed by atoms with E-state index < -0.39 is 0 Å². The molecule has 2 aliphatic rings. The second kappa shape index (κ2) is 7.83. The highest BCUT2D eigenvalue weighted by Gasteiger charge is 2.47. The predicted molar refractivity (Wildman–Crippen MR) is 109 cm³/mol. The van der Waals surface area contributed by atoms with Gasteiger partial charge in [-0.15, -0.1) is 0 Å². The van der Waals surface area contributed by atoms with Crippen LogP contribution in [0.4, 0.5) is 0 Å². The van der Waals surface area contributed by atoms with Crippen LogP contribution in [0, 0.1) is 5.92 Å². The molecule has 0 radical (unpaired) electrons. The van der Waals surface area contributed by atoms with E-state index in [2.05, 4.69) is 17.0 Å². The first-order chi connectivity index (χ1) is 13.1. The van der Waals surface area contributed by atoms with Gasteiger partial charge in [0.1, 0.15) is 5.75 Å². The molecule has 1 unspecified atom stereocenters. The lowest BCUT2D eigenvalue weighted by Crippen LogP contribution is -2.54. The molecule has 1 saturated carbocycles. The smallest absolute Gasteiger partial charge is 0.115 e. The number of phenolic OH excluding ortho intramolecular Hbond substituents is 1. The van der Waals surface area contributed by atoms with Gasteiger partial charge < -0.3 is 15.1 Å². The number of likely N-dealkylation sites (tertiary alicyclic amines) is 1. The van der Waals surface area contributed by atoms with Gasteiger partial charge in [-0.25, -0.2) is 0 Å². The van der Waals surface area contributed by atoms with Gasteiger partial charge in [-0.1, -0.05) is 41.9 Å². The summed E-state index contributed by atoms with van der Waals surface area (Å²) in [7, 11) is 0. The van der Waals surface area contributed by atoms with Gasteiger partial charge >= 0.3 is 0 Å². The zero-order valence-electron chi connectivity index (χ0n) is 15.6. The molecule has 27 heavy (non-hydrogen) atoms. The first-order valence-corrected chi connectivity index (χ1v) is 10.4. The molecule has 2 aromatic carbocycles. The third-order valence-electron chi connectivity index (χ3n) is 6.66. The summed E-state index contributed by atoms with van der Waals surface area (Å²) in [5.74, 6) is 0.838. The van der Waals surface area contributed by atoms with Gasteiger partial charge in [0.15, 0.2) is 0 Å². The number of piperidine rings is 1. The second-order valence-electron chi connectivity index (χ2n) is 8.23. The molecule has 1 heterocycles. The van der Waals surface area contributed by atoms with Crippen molar-refractivity contribution in [3.63, 3.8) is 0 Å². The highest BCUT2D eigenvalue weighted by molar-refractivity contribution is 6.31. The second-order valence-corrected chi connectivity index (χ2v) is 8.64. The minimum absolute atomic E-state index is 0.0166. The molecule has 144 valence electrons. The molecular weight excluding hydrogens is 358 g/mol. The van der Waals surface area contributed by atoms with Crippen LogP contribution in [0.3, 0.4) is 0 Å². The Balaban J connectivity index is 1.50. The summed E-state index contributed by atoms with van der Waals surface area (Å²) < 4.78 is 0. The minimum Gasteiger partial charge on any atom is -0.508 e. The van der Waals surface area contributed by atoms with Crippen LogP contribution in [0.25, 0.3) is 0 Å². The van der Waals surface area contributed by atoms with Crippen LogP contribution >= 0.6 is 11.6 Å². The van der Waals surface area contributed by atoms with Crippen LogP contribution in [0.2, 0.25) is 5.02 Å². The minimum atomic E-state index is -0.238. The molecule has 2 fully saturated rings.